The summed E-state index contributed by atoms with van der Waals surface area (Å²) in [6, 6.07) is 14.6. The molecule has 2 rings (SSSR count). The third-order valence-electron chi connectivity index (χ3n) is 2.06. The smallest absolute Gasteiger partial charge is 0.173 e. The Morgan fingerprint density at radius 3 is 2.50 bits per heavy atom. The third-order valence-corrected chi connectivity index (χ3v) is 3.11. The first-order valence-corrected chi connectivity index (χ1v) is 5.37. The number of hydrogen-bond donors (Lipinski definition) is 0. The predicted molar refractivity (Wildman–Crippen MR) is 60.1 cm³/mol. The Morgan fingerprint density at radius 1 is 1.07 bits per heavy atom. The van der Waals surface area contributed by atoms with Crippen LogP contribution in [0.4, 0.5) is 0 Å². The number of methoxy groups -OCH3 is 1. The number of ether oxygens (including phenoxy) is 1. The molecule has 2 heteroatoms. The van der Waals surface area contributed by atoms with Crippen molar-refractivity contribution in [2.24, 2.45) is 0 Å². The van der Waals surface area contributed by atoms with Gasteiger partial charge in [0.25, 0.3) is 0 Å². The minimum Gasteiger partial charge on any atom is -0.487 e. The Bertz CT molecular complexity index is 392. The van der Waals surface area contributed by atoms with Gasteiger partial charge in [0, 0.05) is 11.3 Å². The van der Waals surface area contributed by atoms with Crippen molar-refractivity contribution in [3.63, 3.8) is 0 Å². The van der Waals surface area contributed by atoms with Gasteiger partial charge in [0.1, 0.15) is 0 Å². The zero-order valence-corrected chi connectivity index (χ0v) is 8.88. The summed E-state index contributed by atoms with van der Waals surface area (Å²) in [7, 11) is 1.71. The van der Waals surface area contributed by atoms with Gasteiger partial charge in [0.05, 0.1) is 7.11 Å². The quantitative estimate of drug-likeness (QED) is 0.745. The minimum atomic E-state index is 0.982. The fourth-order valence-corrected chi connectivity index (χ4v) is 2.21. The molecule has 1 aromatic carbocycles. The van der Waals surface area contributed by atoms with Crippen LogP contribution in [-0.2, 0) is 6.42 Å². The normalized spacial score (nSPS) is 10.1. The first-order chi connectivity index (χ1) is 6.88. The lowest BCUT2D eigenvalue weighted by Crippen LogP contribution is -1.82. The topological polar surface area (TPSA) is 9.23 Å². The molecule has 0 aliphatic heterocycles. The SMILES string of the molecule is COc1ccc(Cc2ccccc2)s1. The van der Waals surface area contributed by atoms with Crippen molar-refractivity contribution < 1.29 is 4.74 Å². The highest BCUT2D eigenvalue weighted by atomic mass is 32.1. The van der Waals surface area contributed by atoms with E-state index in [0.29, 0.717) is 0 Å². The van der Waals surface area contributed by atoms with Crippen molar-refractivity contribution in [1.29, 1.82) is 0 Å². The molecule has 0 aliphatic rings. The van der Waals surface area contributed by atoms with Crippen LogP contribution in [0.15, 0.2) is 42.5 Å². The zero-order chi connectivity index (χ0) is 9.80. The lowest BCUT2D eigenvalue weighted by molar-refractivity contribution is 0.427. The van der Waals surface area contributed by atoms with Crippen LogP contribution < -0.4 is 4.74 Å². The molecule has 0 saturated carbocycles. The summed E-state index contributed by atoms with van der Waals surface area (Å²) in [5.74, 6) is 0. The van der Waals surface area contributed by atoms with Crippen molar-refractivity contribution in [2.75, 3.05) is 7.11 Å². The van der Waals surface area contributed by atoms with E-state index in [4.69, 9.17) is 4.74 Å². The summed E-state index contributed by atoms with van der Waals surface area (Å²) >= 11 is 1.71. The van der Waals surface area contributed by atoms with E-state index in [1.54, 1.807) is 18.4 Å². The van der Waals surface area contributed by atoms with E-state index in [1.165, 1.54) is 10.4 Å². The summed E-state index contributed by atoms with van der Waals surface area (Å²) in [6.07, 6.45) is 0.995. The molecular weight excluding hydrogens is 192 g/mol. The summed E-state index contributed by atoms with van der Waals surface area (Å²) in [5, 5.41) is 0.982. The molecule has 0 unspecified atom stereocenters. The first kappa shape index (κ1) is 9.28. The average molecular weight is 204 g/mol. The van der Waals surface area contributed by atoms with Crippen LogP contribution in [0.3, 0.4) is 0 Å². The maximum atomic E-state index is 5.15. The van der Waals surface area contributed by atoms with E-state index in [9.17, 15) is 0 Å². The van der Waals surface area contributed by atoms with Gasteiger partial charge in [-0.15, -0.1) is 11.3 Å². The maximum Gasteiger partial charge on any atom is 0.173 e. The van der Waals surface area contributed by atoms with Crippen LogP contribution in [0, 0.1) is 0 Å². The molecule has 0 bridgehead atoms. The predicted octanol–water partition coefficient (Wildman–Crippen LogP) is 3.35. The molecule has 0 saturated heterocycles. The molecule has 1 nitrogen and oxygen atoms in total. The molecule has 0 aliphatic carbocycles. The van der Waals surface area contributed by atoms with Crippen LogP contribution in [0.2, 0.25) is 0 Å². The van der Waals surface area contributed by atoms with Crippen LogP contribution in [0.1, 0.15) is 10.4 Å². The average Bonchev–Trinajstić information content (AvgIpc) is 2.67. The van der Waals surface area contributed by atoms with E-state index < -0.39 is 0 Å². The van der Waals surface area contributed by atoms with Gasteiger partial charge in [-0.05, 0) is 17.7 Å². The maximum absolute atomic E-state index is 5.15. The second-order valence-corrected chi connectivity index (χ2v) is 4.22. The Hall–Kier alpha value is -1.28. The van der Waals surface area contributed by atoms with E-state index in [1.807, 2.05) is 12.1 Å². The highest BCUT2D eigenvalue weighted by Gasteiger charge is 2.00. The van der Waals surface area contributed by atoms with Gasteiger partial charge in [-0.1, -0.05) is 30.3 Å². The van der Waals surface area contributed by atoms with E-state index in [0.717, 1.165) is 11.5 Å². The van der Waals surface area contributed by atoms with Crippen LogP contribution in [0.25, 0.3) is 0 Å². The Morgan fingerprint density at radius 2 is 1.86 bits per heavy atom. The lowest BCUT2D eigenvalue weighted by Gasteiger charge is -1.96. The van der Waals surface area contributed by atoms with Crippen LogP contribution in [-0.4, -0.2) is 7.11 Å². The fraction of sp³-hybridized carbons (Fsp3) is 0.167. The van der Waals surface area contributed by atoms with Crippen molar-refractivity contribution in [3.05, 3.63) is 52.9 Å². The molecule has 14 heavy (non-hydrogen) atoms. The highest BCUT2D eigenvalue weighted by molar-refractivity contribution is 7.13. The molecule has 0 spiro atoms. The van der Waals surface area contributed by atoms with Gasteiger partial charge < -0.3 is 4.74 Å². The molecule has 72 valence electrons. The highest BCUT2D eigenvalue weighted by Crippen LogP contribution is 2.25. The Balaban J connectivity index is 2.11. The molecular formula is C12H12OS. The fourth-order valence-electron chi connectivity index (χ4n) is 1.36. The number of benzene rings is 1. The molecule has 0 atom stereocenters. The molecule has 0 N–H and O–H groups in total. The number of thiophene rings is 1. The van der Waals surface area contributed by atoms with Crippen LogP contribution in [0.5, 0.6) is 5.06 Å². The second-order valence-electron chi connectivity index (χ2n) is 3.09. The molecule has 2 aromatic rings. The largest absolute Gasteiger partial charge is 0.487 e. The van der Waals surface area contributed by atoms with E-state index in [2.05, 4.69) is 30.3 Å². The van der Waals surface area contributed by atoms with Gasteiger partial charge >= 0.3 is 0 Å². The van der Waals surface area contributed by atoms with Gasteiger partial charge in [0.15, 0.2) is 5.06 Å². The van der Waals surface area contributed by atoms with Crippen molar-refractivity contribution >= 4 is 11.3 Å². The van der Waals surface area contributed by atoms with Crippen molar-refractivity contribution in [3.8, 4) is 5.06 Å². The number of hydrogen-bond acceptors (Lipinski definition) is 2. The van der Waals surface area contributed by atoms with Gasteiger partial charge in [-0.2, -0.15) is 0 Å². The van der Waals surface area contributed by atoms with E-state index in [-0.39, 0.29) is 0 Å². The summed E-state index contributed by atoms with van der Waals surface area (Å²) in [6.45, 7) is 0. The van der Waals surface area contributed by atoms with Crippen LogP contribution >= 0.6 is 11.3 Å². The summed E-state index contributed by atoms with van der Waals surface area (Å²) < 4.78 is 5.15. The molecule has 0 fully saturated rings. The van der Waals surface area contributed by atoms with Gasteiger partial charge in [-0.3, -0.25) is 0 Å². The summed E-state index contributed by atoms with van der Waals surface area (Å²) in [5.41, 5.74) is 1.34. The standard InChI is InChI=1S/C12H12OS/c1-13-12-8-7-11(14-12)9-10-5-3-2-4-6-10/h2-8H,9H2,1H3. The third kappa shape index (κ3) is 2.15. The number of rotatable bonds is 3. The Labute approximate surface area is 88.0 Å². The molecule has 0 radical (unpaired) electrons. The van der Waals surface area contributed by atoms with E-state index >= 15 is 0 Å². The molecule has 1 aromatic heterocycles. The Kier molecular flexibility index (Phi) is 2.84. The van der Waals surface area contributed by atoms with Gasteiger partial charge in [-0.25, -0.2) is 0 Å². The van der Waals surface area contributed by atoms with Gasteiger partial charge in [0.2, 0.25) is 0 Å². The molecule has 0 amide bonds. The monoisotopic (exact) mass is 204 g/mol. The van der Waals surface area contributed by atoms with Crippen molar-refractivity contribution in [1.82, 2.24) is 0 Å². The van der Waals surface area contributed by atoms with Crippen molar-refractivity contribution in [2.45, 2.75) is 6.42 Å². The first-order valence-electron chi connectivity index (χ1n) is 4.55. The minimum absolute atomic E-state index is 0.982. The second kappa shape index (κ2) is 4.29. The lowest BCUT2D eigenvalue weighted by atomic mass is 10.1. The summed E-state index contributed by atoms with van der Waals surface area (Å²) in [4.78, 5) is 1.34. The zero-order valence-electron chi connectivity index (χ0n) is 8.07. The molecule has 1 heterocycles.